The first-order valence-corrected chi connectivity index (χ1v) is 6.39. The van der Waals surface area contributed by atoms with Gasteiger partial charge in [-0.1, -0.05) is 34.8 Å². The van der Waals surface area contributed by atoms with Crippen LogP contribution in [0.3, 0.4) is 0 Å². The molecule has 0 atom stereocenters. The number of nitrogens with one attached hydrogen (secondary N) is 1. The fraction of sp³-hybridized carbons (Fsp3) is 0. The van der Waals surface area contributed by atoms with Gasteiger partial charge < -0.3 is 11.1 Å². The SMILES string of the molecule is Nc1cnc(Cl)cc1C(=O)Nc1c(Cl)cc(F)cc1Cl. The molecule has 104 valence electrons. The molecule has 0 bridgehead atoms. The zero-order valence-electron chi connectivity index (χ0n) is 9.75. The quantitative estimate of drug-likeness (QED) is 0.815. The largest absolute Gasteiger partial charge is 0.397 e. The maximum absolute atomic E-state index is 13.1. The van der Waals surface area contributed by atoms with Gasteiger partial charge in [0.25, 0.3) is 5.91 Å². The summed E-state index contributed by atoms with van der Waals surface area (Å²) in [7, 11) is 0. The number of nitrogens with two attached hydrogens (primary N) is 1. The Balaban J connectivity index is 2.35. The zero-order chi connectivity index (χ0) is 14.9. The summed E-state index contributed by atoms with van der Waals surface area (Å²) in [5.41, 5.74) is 5.98. The molecule has 0 fully saturated rings. The minimum atomic E-state index is -0.607. The van der Waals surface area contributed by atoms with E-state index in [-0.39, 0.29) is 32.1 Å². The molecule has 4 nitrogen and oxygen atoms in total. The lowest BCUT2D eigenvalue weighted by atomic mass is 10.2. The van der Waals surface area contributed by atoms with Crippen molar-refractivity contribution >= 4 is 52.1 Å². The Kier molecular flexibility index (Phi) is 4.32. The van der Waals surface area contributed by atoms with Crippen molar-refractivity contribution in [1.82, 2.24) is 4.98 Å². The zero-order valence-corrected chi connectivity index (χ0v) is 12.0. The lowest BCUT2D eigenvalue weighted by molar-refractivity contribution is 0.102. The van der Waals surface area contributed by atoms with Gasteiger partial charge in [-0.25, -0.2) is 9.37 Å². The van der Waals surface area contributed by atoms with Crippen molar-refractivity contribution in [2.24, 2.45) is 0 Å². The Hall–Kier alpha value is -1.56. The highest BCUT2D eigenvalue weighted by molar-refractivity contribution is 6.40. The second-order valence-electron chi connectivity index (χ2n) is 3.79. The maximum atomic E-state index is 13.1. The summed E-state index contributed by atoms with van der Waals surface area (Å²) >= 11 is 17.4. The molecule has 0 spiro atoms. The summed E-state index contributed by atoms with van der Waals surface area (Å²) < 4.78 is 13.1. The number of amides is 1. The first-order chi connectivity index (χ1) is 9.38. The lowest BCUT2D eigenvalue weighted by Gasteiger charge is -2.10. The van der Waals surface area contributed by atoms with E-state index < -0.39 is 11.7 Å². The third-order valence-corrected chi connectivity index (χ3v) is 3.19. The molecule has 3 N–H and O–H groups in total. The molecule has 0 aliphatic heterocycles. The number of benzene rings is 1. The number of carbonyl (C=O) groups is 1. The molecule has 20 heavy (non-hydrogen) atoms. The molecule has 2 rings (SSSR count). The van der Waals surface area contributed by atoms with E-state index in [9.17, 15) is 9.18 Å². The standard InChI is InChI=1S/C12H7Cl3FN3O/c13-7-1-5(16)2-8(14)11(7)19-12(20)6-3-10(15)18-4-9(6)17/h1-4H,17H2,(H,19,20). The van der Waals surface area contributed by atoms with Crippen molar-refractivity contribution in [3.05, 3.63) is 51.0 Å². The smallest absolute Gasteiger partial charge is 0.258 e. The fourth-order valence-electron chi connectivity index (χ4n) is 1.48. The van der Waals surface area contributed by atoms with Crippen LogP contribution >= 0.6 is 34.8 Å². The first kappa shape index (κ1) is 14.8. The van der Waals surface area contributed by atoms with Gasteiger partial charge >= 0.3 is 0 Å². The van der Waals surface area contributed by atoms with Crippen LogP contribution in [0.4, 0.5) is 15.8 Å². The Labute approximate surface area is 128 Å². The van der Waals surface area contributed by atoms with Crippen LogP contribution in [0, 0.1) is 5.82 Å². The Morgan fingerprint density at radius 2 is 1.80 bits per heavy atom. The van der Waals surface area contributed by atoms with Crippen LogP contribution in [0.2, 0.25) is 15.2 Å². The van der Waals surface area contributed by atoms with Gasteiger partial charge in [0.1, 0.15) is 11.0 Å². The molecule has 0 saturated heterocycles. The summed E-state index contributed by atoms with van der Waals surface area (Å²) in [6.07, 6.45) is 1.26. The van der Waals surface area contributed by atoms with Crippen LogP contribution in [0.25, 0.3) is 0 Å². The molecule has 0 radical (unpaired) electrons. The van der Waals surface area contributed by atoms with E-state index in [1.165, 1.54) is 12.3 Å². The van der Waals surface area contributed by atoms with Crippen LogP contribution in [-0.2, 0) is 0 Å². The summed E-state index contributed by atoms with van der Waals surface area (Å²) in [5, 5.41) is 2.51. The third kappa shape index (κ3) is 3.12. The van der Waals surface area contributed by atoms with E-state index in [2.05, 4.69) is 10.3 Å². The average molecular weight is 335 g/mol. The fourth-order valence-corrected chi connectivity index (χ4v) is 2.19. The molecule has 2 aromatic rings. The predicted octanol–water partition coefficient (Wildman–Crippen LogP) is 4.02. The summed E-state index contributed by atoms with van der Waals surface area (Å²) in [5.74, 6) is -1.19. The van der Waals surface area contributed by atoms with Crippen molar-refractivity contribution in [3.8, 4) is 0 Å². The molecule has 0 aliphatic rings. The molecule has 1 heterocycles. The van der Waals surface area contributed by atoms with E-state index in [4.69, 9.17) is 40.5 Å². The third-order valence-electron chi connectivity index (χ3n) is 2.39. The first-order valence-electron chi connectivity index (χ1n) is 5.25. The van der Waals surface area contributed by atoms with Crippen LogP contribution in [-0.4, -0.2) is 10.9 Å². The molecule has 0 unspecified atom stereocenters. The Bertz CT molecular complexity index is 671. The van der Waals surface area contributed by atoms with E-state index in [1.807, 2.05) is 0 Å². The lowest BCUT2D eigenvalue weighted by Crippen LogP contribution is -2.15. The molecule has 8 heteroatoms. The average Bonchev–Trinajstić information content (AvgIpc) is 2.36. The molecular weight excluding hydrogens is 328 g/mol. The minimum Gasteiger partial charge on any atom is -0.397 e. The predicted molar refractivity (Wildman–Crippen MR) is 78.0 cm³/mol. The van der Waals surface area contributed by atoms with E-state index in [0.717, 1.165) is 12.1 Å². The number of halogens is 4. The molecule has 1 aromatic carbocycles. The number of aromatic nitrogens is 1. The maximum Gasteiger partial charge on any atom is 0.258 e. The van der Waals surface area contributed by atoms with Crippen LogP contribution < -0.4 is 11.1 Å². The number of carbonyl (C=O) groups excluding carboxylic acids is 1. The van der Waals surface area contributed by atoms with Crippen molar-refractivity contribution in [3.63, 3.8) is 0 Å². The van der Waals surface area contributed by atoms with Gasteiger partial charge in [0, 0.05) is 0 Å². The molecule has 1 amide bonds. The number of nitrogens with zero attached hydrogens (tertiary/aromatic N) is 1. The highest BCUT2D eigenvalue weighted by Crippen LogP contribution is 2.32. The van der Waals surface area contributed by atoms with Crippen molar-refractivity contribution in [2.75, 3.05) is 11.1 Å². The van der Waals surface area contributed by atoms with Gasteiger partial charge in [0.05, 0.1) is 33.2 Å². The number of hydrogen-bond donors (Lipinski definition) is 2. The number of anilines is 2. The highest BCUT2D eigenvalue weighted by atomic mass is 35.5. The second-order valence-corrected chi connectivity index (χ2v) is 4.99. The second kappa shape index (κ2) is 5.83. The van der Waals surface area contributed by atoms with Gasteiger partial charge in [0.15, 0.2) is 0 Å². The van der Waals surface area contributed by atoms with Crippen molar-refractivity contribution < 1.29 is 9.18 Å². The van der Waals surface area contributed by atoms with Gasteiger partial charge in [-0.2, -0.15) is 0 Å². The van der Waals surface area contributed by atoms with E-state index in [0.29, 0.717) is 0 Å². The highest BCUT2D eigenvalue weighted by Gasteiger charge is 2.15. The number of pyridine rings is 1. The van der Waals surface area contributed by atoms with E-state index in [1.54, 1.807) is 0 Å². The topological polar surface area (TPSA) is 68.0 Å². The number of rotatable bonds is 2. The number of hydrogen-bond acceptors (Lipinski definition) is 3. The van der Waals surface area contributed by atoms with Gasteiger partial charge in [-0.05, 0) is 18.2 Å². The van der Waals surface area contributed by atoms with Gasteiger partial charge in [0.2, 0.25) is 0 Å². The van der Waals surface area contributed by atoms with Crippen LogP contribution in [0.5, 0.6) is 0 Å². The molecule has 0 saturated carbocycles. The minimum absolute atomic E-state index is 0.0259. The van der Waals surface area contributed by atoms with Gasteiger partial charge in [-0.3, -0.25) is 4.79 Å². The molecule has 1 aromatic heterocycles. The van der Waals surface area contributed by atoms with Crippen LogP contribution in [0.1, 0.15) is 10.4 Å². The van der Waals surface area contributed by atoms with Gasteiger partial charge in [-0.15, -0.1) is 0 Å². The number of nitrogen functional groups attached to an aromatic ring is 1. The summed E-state index contributed by atoms with van der Waals surface area (Å²) in [6.45, 7) is 0. The summed E-state index contributed by atoms with van der Waals surface area (Å²) in [4.78, 5) is 15.8. The monoisotopic (exact) mass is 333 g/mol. The summed E-state index contributed by atoms with van der Waals surface area (Å²) in [6, 6.07) is 3.37. The Morgan fingerprint density at radius 3 is 2.40 bits per heavy atom. The van der Waals surface area contributed by atoms with E-state index >= 15 is 0 Å². The van der Waals surface area contributed by atoms with Crippen molar-refractivity contribution in [1.29, 1.82) is 0 Å². The van der Waals surface area contributed by atoms with Crippen molar-refractivity contribution in [2.45, 2.75) is 0 Å². The normalized spacial score (nSPS) is 10.4. The van der Waals surface area contributed by atoms with Crippen LogP contribution in [0.15, 0.2) is 24.4 Å². The molecule has 0 aliphatic carbocycles. The Morgan fingerprint density at radius 1 is 1.20 bits per heavy atom. The molecular formula is C12H7Cl3FN3O.